The summed E-state index contributed by atoms with van der Waals surface area (Å²) in [5.74, 6) is 0. The minimum absolute atomic E-state index is 0.528. The predicted molar refractivity (Wildman–Crippen MR) is 71.6 cm³/mol. The van der Waals surface area contributed by atoms with E-state index >= 15 is 0 Å². The number of benzene rings is 1. The summed E-state index contributed by atoms with van der Waals surface area (Å²) in [6.45, 7) is 7.11. The summed E-state index contributed by atoms with van der Waals surface area (Å²) in [5, 5.41) is 8.60. The number of aromatic nitrogens is 3. The fraction of sp³-hybridized carbons (Fsp3) is 0.571. The van der Waals surface area contributed by atoms with Crippen molar-refractivity contribution < 1.29 is 4.90 Å². The Morgan fingerprint density at radius 2 is 1.94 bits per heavy atom. The van der Waals surface area contributed by atoms with Crippen LogP contribution in [0.1, 0.15) is 32.7 Å². The molecular formula is C14H21N4+. The van der Waals surface area contributed by atoms with E-state index in [2.05, 4.69) is 41.0 Å². The molecule has 1 fully saturated rings. The first-order valence-electron chi connectivity index (χ1n) is 6.90. The number of likely N-dealkylation sites (tertiary alicyclic amines) is 1. The Hall–Kier alpha value is -1.42. The molecule has 0 bridgehead atoms. The van der Waals surface area contributed by atoms with Gasteiger partial charge in [-0.1, -0.05) is 17.3 Å². The molecule has 0 saturated carbocycles. The number of para-hydroxylation sites is 1. The predicted octanol–water partition coefficient (Wildman–Crippen LogP) is 1.06. The minimum Gasteiger partial charge on any atom is -0.333 e. The summed E-state index contributed by atoms with van der Waals surface area (Å²) in [5.41, 5.74) is 2.19. The molecular weight excluding hydrogens is 224 g/mol. The van der Waals surface area contributed by atoms with Gasteiger partial charge in [-0.3, -0.25) is 0 Å². The van der Waals surface area contributed by atoms with Crippen molar-refractivity contribution in [3.8, 4) is 0 Å². The third kappa shape index (κ3) is 2.01. The summed E-state index contributed by atoms with van der Waals surface area (Å²) < 4.78 is 2.13. The molecule has 96 valence electrons. The maximum absolute atomic E-state index is 4.35. The fourth-order valence-electron chi connectivity index (χ4n) is 2.95. The second-order valence-corrected chi connectivity index (χ2v) is 5.57. The number of rotatable bonds is 2. The van der Waals surface area contributed by atoms with Crippen LogP contribution in [0.25, 0.3) is 11.0 Å². The van der Waals surface area contributed by atoms with E-state index in [1.807, 2.05) is 12.1 Å². The lowest BCUT2D eigenvalue weighted by Crippen LogP contribution is -3.15. The summed E-state index contributed by atoms with van der Waals surface area (Å²) in [6, 6.07) is 9.51. The third-order valence-corrected chi connectivity index (χ3v) is 4.14. The SMILES string of the molecule is CC(C)[NH+]1CCC(n2nnc3ccccc32)CC1. The molecule has 0 atom stereocenters. The van der Waals surface area contributed by atoms with Crippen LogP contribution >= 0.6 is 0 Å². The van der Waals surface area contributed by atoms with Gasteiger partial charge in [-0.2, -0.15) is 0 Å². The van der Waals surface area contributed by atoms with E-state index in [9.17, 15) is 0 Å². The van der Waals surface area contributed by atoms with Gasteiger partial charge >= 0.3 is 0 Å². The molecule has 2 aromatic rings. The summed E-state index contributed by atoms with van der Waals surface area (Å²) in [7, 11) is 0. The van der Waals surface area contributed by atoms with Crippen molar-refractivity contribution in [2.75, 3.05) is 13.1 Å². The van der Waals surface area contributed by atoms with E-state index in [0.29, 0.717) is 6.04 Å². The van der Waals surface area contributed by atoms with E-state index in [0.717, 1.165) is 11.6 Å². The van der Waals surface area contributed by atoms with Gasteiger partial charge in [0.15, 0.2) is 0 Å². The first-order chi connectivity index (χ1) is 8.75. The van der Waals surface area contributed by atoms with Gasteiger partial charge < -0.3 is 4.90 Å². The molecule has 4 nitrogen and oxygen atoms in total. The maximum Gasteiger partial charge on any atom is 0.113 e. The van der Waals surface area contributed by atoms with Crippen LogP contribution in [0.2, 0.25) is 0 Å². The second kappa shape index (κ2) is 4.69. The Balaban J connectivity index is 1.80. The number of quaternary nitrogens is 1. The maximum atomic E-state index is 4.35. The molecule has 2 heterocycles. The van der Waals surface area contributed by atoms with Crippen molar-refractivity contribution in [1.82, 2.24) is 15.0 Å². The molecule has 1 saturated heterocycles. The van der Waals surface area contributed by atoms with E-state index in [1.54, 1.807) is 4.90 Å². The molecule has 1 N–H and O–H groups in total. The Morgan fingerprint density at radius 1 is 1.22 bits per heavy atom. The molecule has 1 aromatic heterocycles. The van der Waals surface area contributed by atoms with Crippen LogP contribution in [0.3, 0.4) is 0 Å². The van der Waals surface area contributed by atoms with Crippen molar-refractivity contribution in [2.24, 2.45) is 0 Å². The molecule has 18 heavy (non-hydrogen) atoms. The van der Waals surface area contributed by atoms with Crippen molar-refractivity contribution in [1.29, 1.82) is 0 Å². The summed E-state index contributed by atoms with van der Waals surface area (Å²) >= 11 is 0. The Labute approximate surface area is 108 Å². The standard InChI is InChI=1S/C14H20N4/c1-11(2)17-9-7-12(8-10-17)18-14-6-4-3-5-13(14)15-16-18/h3-6,11-12H,7-10H2,1-2H3/p+1. The molecule has 1 aliphatic rings. The van der Waals surface area contributed by atoms with E-state index in [4.69, 9.17) is 0 Å². The first-order valence-corrected chi connectivity index (χ1v) is 6.90. The summed E-state index contributed by atoms with van der Waals surface area (Å²) in [6.07, 6.45) is 2.42. The van der Waals surface area contributed by atoms with Crippen LogP contribution in [0.5, 0.6) is 0 Å². The third-order valence-electron chi connectivity index (χ3n) is 4.14. The van der Waals surface area contributed by atoms with E-state index < -0.39 is 0 Å². The van der Waals surface area contributed by atoms with Crippen molar-refractivity contribution in [3.05, 3.63) is 24.3 Å². The van der Waals surface area contributed by atoms with E-state index in [-0.39, 0.29) is 0 Å². The second-order valence-electron chi connectivity index (χ2n) is 5.57. The molecule has 3 rings (SSSR count). The Morgan fingerprint density at radius 3 is 2.67 bits per heavy atom. The number of hydrogen-bond acceptors (Lipinski definition) is 2. The average Bonchev–Trinajstić information content (AvgIpc) is 2.82. The Kier molecular flexibility index (Phi) is 3.04. The van der Waals surface area contributed by atoms with Gasteiger partial charge in [-0.05, 0) is 26.0 Å². The lowest BCUT2D eigenvalue weighted by atomic mass is 10.0. The van der Waals surface area contributed by atoms with Gasteiger partial charge in [0, 0.05) is 12.8 Å². The Bertz CT molecular complexity index is 523. The topological polar surface area (TPSA) is 35.2 Å². The number of hydrogen-bond donors (Lipinski definition) is 1. The fourth-order valence-corrected chi connectivity index (χ4v) is 2.95. The van der Waals surface area contributed by atoms with Gasteiger partial charge in [-0.15, -0.1) is 5.10 Å². The van der Waals surface area contributed by atoms with E-state index in [1.165, 1.54) is 31.4 Å². The monoisotopic (exact) mass is 245 g/mol. The number of nitrogens with zero attached hydrogens (tertiary/aromatic N) is 3. The highest BCUT2D eigenvalue weighted by Crippen LogP contribution is 2.21. The lowest BCUT2D eigenvalue weighted by Gasteiger charge is -2.31. The highest BCUT2D eigenvalue weighted by Gasteiger charge is 2.26. The molecule has 0 radical (unpaired) electrons. The largest absolute Gasteiger partial charge is 0.333 e. The van der Waals surface area contributed by atoms with Gasteiger partial charge in [0.25, 0.3) is 0 Å². The van der Waals surface area contributed by atoms with Gasteiger partial charge in [-0.25, -0.2) is 4.68 Å². The van der Waals surface area contributed by atoms with Crippen molar-refractivity contribution >= 4 is 11.0 Å². The van der Waals surface area contributed by atoms with Gasteiger partial charge in [0.2, 0.25) is 0 Å². The molecule has 0 spiro atoms. The van der Waals surface area contributed by atoms with Crippen molar-refractivity contribution in [3.63, 3.8) is 0 Å². The van der Waals surface area contributed by atoms with Gasteiger partial charge in [0.05, 0.1) is 30.7 Å². The minimum atomic E-state index is 0.528. The van der Waals surface area contributed by atoms with Crippen LogP contribution in [0, 0.1) is 0 Å². The number of nitrogens with one attached hydrogen (secondary N) is 1. The zero-order valence-corrected chi connectivity index (χ0v) is 11.1. The highest BCUT2D eigenvalue weighted by atomic mass is 15.4. The number of fused-ring (bicyclic) bond motifs is 1. The molecule has 0 amide bonds. The normalized spacial score (nSPS) is 24.8. The lowest BCUT2D eigenvalue weighted by molar-refractivity contribution is -0.926. The van der Waals surface area contributed by atoms with Gasteiger partial charge in [0.1, 0.15) is 5.52 Å². The molecule has 0 unspecified atom stereocenters. The van der Waals surface area contributed by atoms with Crippen LogP contribution in [0.15, 0.2) is 24.3 Å². The highest BCUT2D eigenvalue weighted by molar-refractivity contribution is 5.73. The van der Waals surface area contributed by atoms with Crippen molar-refractivity contribution in [2.45, 2.75) is 38.8 Å². The summed E-state index contributed by atoms with van der Waals surface area (Å²) in [4.78, 5) is 1.72. The zero-order valence-electron chi connectivity index (χ0n) is 11.1. The molecule has 4 heteroatoms. The van der Waals surface area contributed by atoms with Crippen LogP contribution in [-0.2, 0) is 0 Å². The van der Waals surface area contributed by atoms with Crippen LogP contribution < -0.4 is 4.90 Å². The number of piperidine rings is 1. The zero-order chi connectivity index (χ0) is 12.5. The molecule has 1 aromatic carbocycles. The smallest absolute Gasteiger partial charge is 0.113 e. The first kappa shape index (κ1) is 11.7. The molecule has 0 aliphatic carbocycles. The average molecular weight is 245 g/mol. The van der Waals surface area contributed by atoms with Crippen LogP contribution in [0.4, 0.5) is 0 Å². The quantitative estimate of drug-likeness (QED) is 0.858. The van der Waals surface area contributed by atoms with Crippen LogP contribution in [-0.4, -0.2) is 34.1 Å². The molecule has 1 aliphatic heterocycles.